The van der Waals surface area contributed by atoms with Crippen molar-refractivity contribution in [1.29, 1.82) is 0 Å². The lowest BCUT2D eigenvalue weighted by Gasteiger charge is -2.31. The van der Waals surface area contributed by atoms with Crippen LogP contribution in [0, 0.1) is 11.8 Å². The standard InChI is InChI=1S/C17H24F4O6/c18-8-2-1-3-11-4-6-12(7-5-11)14(22)26-13-9-24-16(25-10-13)27-15(23)17(19,20)21/h11-13,16H,1-10H2. The van der Waals surface area contributed by atoms with Crippen molar-refractivity contribution in [2.75, 3.05) is 19.9 Å². The highest BCUT2D eigenvalue weighted by Crippen LogP contribution is 2.33. The summed E-state index contributed by atoms with van der Waals surface area (Å²) in [6, 6.07) is 0. The molecule has 10 heteroatoms. The molecule has 2 fully saturated rings. The van der Waals surface area contributed by atoms with Crippen LogP contribution in [0.15, 0.2) is 0 Å². The van der Waals surface area contributed by atoms with E-state index in [-0.39, 0.29) is 31.8 Å². The number of esters is 2. The van der Waals surface area contributed by atoms with E-state index in [1.165, 1.54) is 0 Å². The number of rotatable bonds is 7. The predicted molar refractivity (Wildman–Crippen MR) is 83.0 cm³/mol. The molecule has 6 nitrogen and oxygen atoms in total. The summed E-state index contributed by atoms with van der Waals surface area (Å²) in [4.78, 5) is 22.9. The fourth-order valence-electron chi connectivity index (χ4n) is 3.23. The molecule has 0 N–H and O–H groups in total. The highest BCUT2D eigenvalue weighted by atomic mass is 19.4. The molecule has 0 aromatic heterocycles. The molecule has 0 aromatic carbocycles. The first-order valence-corrected chi connectivity index (χ1v) is 9.07. The first-order valence-electron chi connectivity index (χ1n) is 9.07. The number of alkyl halides is 4. The smallest absolute Gasteiger partial charge is 0.457 e. The van der Waals surface area contributed by atoms with Gasteiger partial charge in [0.2, 0.25) is 0 Å². The van der Waals surface area contributed by atoms with E-state index in [1.54, 1.807) is 0 Å². The second-order valence-corrected chi connectivity index (χ2v) is 6.82. The average Bonchev–Trinajstić information content (AvgIpc) is 2.63. The molecule has 2 rings (SSSR count). The molecule has 1 heterocycles. The molecule has 0 bridgehead atoms. The van der Waals surface area contributed by atoms with Gasteiger partial charge in [0.1, 0.15) is 6.10 Å². The highest BCUT2D eigenvalue weighted by molar-refractivity contribution is 5.75. The molecule has 1 saturated heterocycles. The molecule has 0 spiro atoms. The third-order valence-corrected chi connectivity index (χ3v) is 4.73. The van der Waals surface area contributed by atoms with E-state index in [0.29, 0.717) is 25.2 Å². The maximum atomic E-state index is 12.2. The van der Waals surface area contributed by atoms with E-state index in [2.05, 4.69) is 4.74 Å². The Morgan fingerprint density at radius 2 is 1.59 bits per heavy atom. The molecule has 0 atom stereocenters. The molecule has 156 valence electrons. The molecule has 0 aromatic rings. The van der Waals surface area contributed by atoms with Crippen LogP contribution in [-0.4, -0.2) is 50.6 Å². The van der Waals surface area contributed by atoms with Crippen LogP contribution in [0.3, 0.4) is 0 Å². The summed E-state index contributed by atoms with van der Waals surface area (Å²) in [5, 5.41) is 0. The van der Waals surface area contributed by atoms with Gasteiger partial charge in [-0.15, -0.1) is 0 Å². The number of halogens is 4. The lowest BCUT2D eigenvalue weighted by Crippen LogP contribution is -2.43. The zero-order chi connectivity index (χ0) is 19.9. The second-order valence-electron chi connectivity index (χ2n) is 6.82. The molecule has 1 saturated carbocycles. The average molecular weight is 400 g/mol. The van der Waals surface area contributed by atoms with E-state index in [1.807, 2.05) is 0 Å². The highest BCUT2D eigenvalue weighted by Gasteiger charge is 2.43. The van der Waals surface area contributed by atoms with E-state index >= 15 is 0 Å². The van der Waals surface area contributed by atoms with Gasteiger partial charge in [-0.05, 0) is 38.0 Å². The largest absolute Gasteiger partial charge is 0.491 e. The van der Waals surface area contributed by atoms with Crippen molar-refractivity contribution in [2.24, 2.45) is 11.8 Å². The van der Waals surface area contributed by atoms with Gasteiger partial charge >= 0.3 is 24.6 Å². The number of hydrogen-bond donors (Lipinski definition) is 0. The van der Waals surface area contributed by atoms with Gasteiger partial charge in [0, 0.05) is 0 Å². The van der Waals surface area contributed by atoms with Gasteiger partial charge in [-0.3, -0.25) is 9.18 Å². The van der Waals surface area contributed by atoms with E-state index < -0.39 is 24.7 Å². The molecular formula is C17H24F4O6. The minimum absolute atomic E-state index is 0.222. The van der Waals surface area contributed by atoms with Crippen molar-refractivity contribution < 1.29 is 46.1 Å². The summed E-state index contributed by atoms with van der Waals surface area (Å²) >= 11 is 0. The summed E-state index contributed by atoms with van der Waals surface area (Å²) < 4.78 is 67.4. The summed E-state index contributed by atoms with van der Waals surface area (Å²) in [6.07, 6.45) is -0.345. The first-order chi connectivity index (χ1) is 12.8. The topological polar surface area (TPSA) is 71.1 Å². The third kappa shape index (κ3) is 7.25. The molecule has 0 radical (unpaired) electrons. The molecule has 2 aliphatic rings. The maximum absolute atomic E-state index is 12.2. The van der Waals surface area contributed by atoms with Crippen molar-refractivity contribution in [1.82, 2.24) is 0 Å². The Kier molecular flexibility index (Phi) is 8.28. The Balaban J connectivity index is 1.64. The van der Waals surface area contributed by atoms with E-state index in [9.17, 15) is 27.2 Å². The molecule has 0 unspecified atom stereocenters. The monoisotopic (exact) mass is 400 g/mol. The van der Waals surface area contributed by atoms with Crippen LogP contribution in [0.5, 0.6) is 0 Å². The van der Waals surface area contributed by atoms with Crippen molar-refractivity contribution in [3.05, 3.63) is 0 Å². The predicted octanol–water partition coefficient (Wildman–Crippen LogP) is 3.28. The van der Waals surface area contributed by atoms with Gasteiger partial charge in [-0.1, -0.05) is 12.8 Å². The molecule has 27 heavy (non-hydrogen) atoms. The van der Waals surface area contributed by atoms with Crippen LogP contribution in [0.1, 0.15) is 44.9 Å². The first kappa shape index (κ1) is 21.9. The Labute approximate surface area is 154 Å². The maximum Gasteiger partial charge on any atom is 0.491 e. The number of ether oxygens (including phenoxy) is 4. The van der Waals surface area contributed by atoms with Gasteiger partial charge in [0.05, 0.1) is 25.8 Å². The van der Waals surface area contributed by atoms with Crippen LogP contribution in [0.25, 0.3) is 0 Å². The molecule has 1 aliphatic carbocycles. The summed E-state index contributed by atoms with van der Waals surface area (Å²) in [5.74, 6) is -2.53. The number of hydrogen-bond acceptors (Lipinski definition) is 6. The Morgan fingerprint density at radius 3 is 2.15 bits per heavy atom. The number of unbranched alkanes of at least 4 members (excludes halogenated alkanes) is 1. The van der Waals surface area contributed by atoms with Crippen LogP contribution in [0.2, 0.25) is 0 Å². The lowest BCUT2D eigenvalue weighted by atomic mass is 9.80. The normalized spacial score (nSPS) is 29.2. The third-order valence-electron chi connectivity index (χ3n) is 4.73. The summed E-state index contributed by atoms with van der Waals surface area (Å²) in [6.45, 7) is -2.52. The molecule has 0 amide bonds. The van der Waals surface area contributed by atoms with Gasteiger partial charge in [-0.25, -0.2) is 4.79 Å². The number of carbonyl (C=O) groups excluding carboxylic acids is 2. The van der Waals surface area contributed by atoms with Crippen molar-refractivity contribution in [3.63, 3.8) is 0 Å². The Morgan fingerprint density at radius 1 is 0.963 bits per heavy atom. The fourth-order valence-corrected chi connectivity index (χ4v) is 3.23. The van der Waals surface area contributed by atoms with Crippen LogP contribution >= 0.6 is 0 Å². The molecule has 1 aliphatic heterocycles. The summed E-state index contributed by atoms with van der Waals surface area (Å²) in [7, 11) is 0. The van der Waals surface area contributed by atoms with Crippen LogP contribution in [-0.2, 0) is 28.5 Å². The number of carbonyl (C=O) groups is 2. The second kappa shape index (κ2) is 10.2. The zero-order valence-electron chi connectivity index (χ0n) is 14.8. The van der Waals surface area contributed by atoms with E-state index in [4.69, 9.17) is 14.2 Å². The minimum Gasteiger partial charge on any atom is -0.457 e. The van der Waals surface area contributed by atoms with Crippen molar-refractivity contribution in [2.45, 2.75) is 63.7 Å². The lowest BCUT2D eigenvalue weighted by molar-refractivity contribution is -0.327. The van der Waals surface area contributed by atoms with E-state index in [0.717, 1.165) is 25.7 Å². The fraction of sp³-hybridized carbons (Fsp3) is 0.882. The minimum atomic E-state index is -5.14. The Bertz CT molecular complexity index is 482. The Hall–Kier alpha value is -1.42. The molecular weight excluding hydrogens is 376 g/mol. The van der Waals surface area contributed by atoms with Gasteiger partial charge < -0.3 is 18.9 Å². The SMILES string of the molecule is O=C(OC1COC(OC(=O)C(F)(F)F)OC1)C1CCC(CCCCF)CC1. The van der Waals surface area contributed by atoms with Crippen molar-refractivity contribution >= 4 is 11.9 Å². The van der Waals surface area contributed by atoms with Gasteiger partial charge in [-0.2, -0.15) is 13.2 Å². The van der Waals surface area contributed by atoms with Gasteiger partial charge in [0.15, 0.2) is 0 Å². The van der Waals surface area contributed by atoms with Gasteiger partial charge in [0.25, 0.3) is 0 Å². The van der Waals surface area contributed by atoms with Crippen LogP contribution in [0.4, 0.5) is 17.6 Å². The summed E-state index contributed by atoms with van der Waals surface area (Å²) in [5.41, 5.74) is 0. The van der Waals surface area contributed by atoms with Crippen molar-refractivity contribution in [3.8, 4) is 0 Å². The zero-order valence-corrected chi connectivity index (χ0v) is 14.8. The van der Waals surface area contributed by atoms with Crippen LogP contribution < -0.4 is 0 Å². The quantitative estimate of drug-likeness (QED) is 0.371.